The van der Waals surface area contributed by atoms with E-state index in [4.69, 9.17) is 4.74 Å². The maximum atomic E-state index is 11.0. The van der Waals surface area contributed by atoms with Gasteiger partial charge in [0.25, 0.3) is 5.69 Å². The Kier molecular flexibility index (Phi) is 4.64. The van der Waals surface area contributed by atoms with Crippen LogP contribution in [0.15, 0.2) is 40.9 Å². The van der Waals surface area contributed by atoms with Gasteiger partial charge in [-0.25, -0.2) is 0 Å². The average Bonchev–Trinajstić information content (AvgIpc) is 2.47. The summed E-state index contributed by atoms with van der Waals surface area (Å²) >= 11 is 3.39. The third kappa shape index (κ3) is 3.63. The Labute approximate surface area is 130 Å². The highest BCUT2D eigenvalue weighted by Crippen LogP contribution is 2.33. The van der Waals surface area contributed by atoms with Crippen LogP contribution < -0.4 is 15.4 Å². The number of halogens is 1. The molecular weight excluding hydrogens is 338 g/mol. The lowest BCUT2D eigenvalue weighted by Gasteiger charge is -2.12. The highest BCUT2D eigenvalue weighted by atomic mass is 79.9. The zero-order valence-corrected chi connectivity index (χ0v) is 13.1. The van der Waals surface area contributed by atoms with Gasteiger partial charge >= 0.3 is 0 Å². The van der Waals surface area contributed by atoms with Crippen molar-refractivity contribution < 1.29 is 9.66 Å². The molecule has 0 atom stereocenters. The Morgan fingerprint density at radius 1 is 1.19 bits per heavy atom. The summed E-state index contributed by atoms with van der Waals surface area (Å²) in [5.74, 6) is 0.649. The van der Waals surface area contributed by atoms with Gasteiger partial charge in [0.05, 0.1) is 17.7 Å². The van der Waals surface area contributed by atoms with E-state index in [1.54, 1.807) is 20.2 Å². The van der Waals surface area contributed by atoms with Crippen LogP contribution in [-0.4, -0.2) is 19.1 Å². The van der Waals surface area contributed by atoms with E-state index in [1.165, 1.54) is 12.1 Å². The topological polar surface area (TPSA) is 76.4 Å². The van der Waals surface area contributed by atoms with Crippen molar-refractivity contribution in [2.24, 2.45) is 0 Å². The molecule has 0 spiro atoms. The molecule has 110 valence electrons. The molecule has 0 aromatic heterocycles. The van der Waals surface area contributed by atoms with E-state index < -0.39 is 4.92 Å². The molecule has 21 heavy (non-hydrogen) atoms. The monoisotopic (exact) mass is 351 g/mol. The quantitative estimate of drug-likeness (QED) is 0.624. The smallest absolute Gasteiger partial charge is 0.273 e. The molecule has 2 aromatic rings. The van der Waals surface area contributed by atoms with Gasteiger partial charge in [0.1, 0.15) is 5.75 Å². The summed E-state index contributed by atoms with van der Waals surface area (Å²) < 4.78 is 6.15. The number of benzene rings is 2. The second kappa shape index (κ2) is 6.45. The zero-order valence-electron chi connectivity index (χ0n) is 11.5. The van der Waals surface area contributed by atoms with E-state index in [1.807, 2.05) is 18.2 Å². The summed E-state index contributed by atoms with van der Waals surface area (Å²) in [7, 11) is 3.28. The molecule has 0 unspecified atom stereocenters. The second-order valence-electron chi connectivity index (χ2n) is 4.25. The molecule has 2 N–H and O–H groups in total. The minimum absolute atomic E-state index is 0.0123. The molecule has 7 heteroatoms. The zero-order chi connectivity index (χ0) is 15.4. The molecule has 0 amide bonds. The summed E-state index contributed by atoms with van der Waals surface area (Å²) in [5.41, 5.74) is 1.98. The number of hydrogen-bond donors (Lipinski definition) is 2. The van der Waals surface area contributed by atoms with E-state index in [2.05, 4.69) is 26.6 Å². The number of non-ortho nitro benzene ring substituents is 1. The predicted molar refractivity (Wildman–Crippen MR) is 86.6 cm³/mol. The van der Waals surface area contributed by atoms with Crippen molar-refractivity contribution in [1.82, 2.24) is 0 Å². The molecule has 0 aliphatic carbocycles. The highest BCUT2D eigenvalue weighted by molar-refractivity contribution is 9.10. The molecular formula is C14H14BrN3O3. The van der Waals surface area contributed by atoms with E-state index in [0.717, 1.165) is 10.2 Å². The Hall–Kier alpha value is -2.28. The van der Waals surface area contributed by atoms with Crippen LogP contribution in [0, 0.1) is 10.1 Å². The molecule has 0 fully saturated rings. The summed E-state index contributed by atoms with van der Waals surface area (Å²) in [5, 5.41) is 17.0. The SMILES string of the molecule is CNc1cc(Nc2cc(Br)ccc2OC)cc([N+](=O)[O-])c1. The fourth-order valence-corrected chi connectivity index (χ4v) is 2.23. The largest absolute Gasteiger partial charge is 0.495 e. The van der Waals surface area contributed by atoms with Crippen LogP contribution in [0.3, 0.4) is 0 Å². The lowest BCUT2D eigenvalue weighted by atomic mass is 10.2. The molecule has 0 bridgehead atoms. The first-order valence-corrected chi connectivity index (χ1v) is 6.90. The Morgan fingerprint density at radius 2 is 1.90 bits per heavy atom. The Morgan fingerprint density at radius 3 is 2.52 bits per heavy atom. The maximum Gasteiger partial charge on any atom is 0.273 e. The van der Waals surface area contributed by atoms with Crippen molar-refractivity contribution in [1.29, 1.82) is 0 Å². The van der Waals surface area contributed by atoms with Crippen molar-refractivity contribution in [3.05, 3.63) is 51.0 Å². The lowest BCUT2D eigenvalue weighted by Crippen LogP contribution is -1.98. The number of rotatable bonds is 5. The van der Waals surface area contributed by atoms with E-state index in [0.29, 0.717) is 17.1 Å². The molecule has 0 aliphatic heterocycles. The normalized spacial score (nSPS) is 10.0. The molecule has 0 saturated heterocycles. The molecule has 0 heterocycles. The number of hydrogen-bond acceptors (Lipinski definition) is 5. The Balaban J connectivity index is 2.41. The van der Waals surface area contributed by atoms with Gasteiger partial charge in [0.2, 0.25) is 0 Å². The molecule has 2 aromatic carbocycles. The van der Waals surface area contributed by atoms with E-state index in [9.17, 15) is 10.1 Å². The number of anilines is 3. The van der Waals surface area contributed by atoms with Gasteiger partial charge in [0.15, 0.2) is 0 Å². The summed E-state index contributed by atoms with van der Waals surface area (Å²) in [6.45, 7) is 0. The van der Waals surface area contributed by atoms with Gasteiger partial charge in [-0.3, -0.25) is 10.1 Å². The standard InChI is InChI=1S/C14H14BrN3O3/c1-16-10-6-11(8-12(7-10)18(19)20)17-13-5-9(15)3-4-14(13)21-2/h3-8,16-17H,1-2H3. The van der Waals surface area contributed by atoms with E-state index in [-0.39, 0.29) is 5.69 Å². The maximum absolute atomic E-state index is 11.0. The third-order valence-corrected chi connectivity index (χ3v) is 3.35. The van der Waals surface area contributed by atoms with Crippen molar-refractivity contribution in [2.75, 3.05) is 24.8 Å². The molecule has 6 nitrogen and oxygen atoms in total. The minimum Gasteiger partial charge on any atom is -0.495 e. The lowest BCUT2D eigenvalue weighted by molar-refractivity contribution is -0.384. The van der Waals surface area contributed by atoms with Gasteiger partial charge in [-0.2, -0.15) is 0 Å². The summed E-state index contributed by atoms with van der Waals surface area (Å²) in [4.78, 5) is 10.5. The van der Waals surface area contributed by atoms with Crippen LogP contribution in [0.25, 0.3) is 0 Å². The van der Waals surface area contributed by atoms with Crippen molar-refractivity contribution >= 4 is 38.7 Å². The number of nitro benzene ring substituents is 1. The van der Waals surface area contributed by atoms with Crippen LogP contribution in [0.1, 0.15) is 0 Å². The first-order chi connectivity index (χ1) is 10.0. The number of nitrogens with one attached hydrogen (secondary N) is 2. The summed E-state index contributed by atoms with van der Waals surface area (Å²) in [6, 6.07) is 10.2. The Bertz CT molecular complexity index is 677. The fraction of sp³-hybridized carbons (Fsp3) is 0.143. The van der Waals surface area contributed by atoms with Crippen LogP contribution in [0.4, 0.5) is 22.7 Å². The first-order valence-electron chi connectivity index (χ1n) is 6.11. The number of ether oxygens (including phenoxy) is 1. The minimum atomic E-state index is -0.426. The van der Waals surface area contributed by atoms with Crippen molar-refractivity contribution in [3.63, 3.8) is 0 Å². The van der Waals surface area contributed by atoms with Crippen LogP contribution >= 0.6 is 15.9 Å². The highest BCUT2D eigenvalue weighted by Gasteiger charge is 2.11. The second-order valence-corrected chi connectivity index (χ2v) is 5.16. The van der Waals surface area contributed by atoms with Gasteiger partial charge in [0, 0.05) is 35.0 Å². The van der Waals surface area contributed by atoms with E-state index >= 15 is 0 Å². The van der Waals surface area contributed by atoms with Gasteiger partial charge in [-0.05, 0) is 24.3 Å². The predicted octanol–water partition coefficient (Wildman–Crippen LogP) is 4.15. The summed E-state index contributed by atoms with van der Waals surface area (Å²) in [6.07, 6.45) is 0. The number of nitrogens with zero attached hydrogens (tertiary/aromatic N) is 1. The van der Waals surface area contributed by atoms with Crippen molar-refractivity contribution in [2.45, 2.75) is 0 Å². The van der Waals surface area contributed by atoms with Crippen LogP contribution in [-0.2, 0) is 0 Å². The molecule has 0 aliphatic rings. The van der Waals surface area contributed by atoms with Gasteiger partial charge in [-0.15, -0.1) is 0 Å². The van der Waals surface area contributed by atoms with Gasteiger partial charge < -0.3 is 15.4 Å². The van der Waals surface area contributed by atoms with Crippen LogP contribution in [0.5, 0.6) is 5.75 Å². The number of nitro groups is 1. The average molecular weight is 352 g/mol. The fourth-order valence-electron chi connectivity index (χ4n) is 1.87. The third-order valence-electron chi connectivity index (χ3n) is 2.86. The molecule has 0 radical (unpaired) electrons. The molecule has 0 saturated carbocycles. The first kappa shape index (κ1) is 15.1. The molecule has 2 rings (SSSR count). The van der Waals surface area contributed by atoms with Crippen LogP contribution in [0.2, 0.25) is 0 Å². The van der Waals surface area contributed by atoms with Gasteiger partial charge in [-0.1, -0.05) is 15.9 Å². The van der Waals surface area contributed by atoms with Crippen molar-refractivity contribution in [3.8, 4) is 5.75 Å². The number of methoxy groups -OCH3 is 1.